The summed E-state index contributed by atoms with van der Waals surface area (Å²) in [6, 6.07) is 2.06. The third-order valence-corrected chi connectivity index (χ3v) is 6.47. The Morgan fingerprint density at radius 1 is 1.35 bits per heavy atom. The number of halogens is 1. The molecule has 0 aliphatic heterocycles. The molecular weight excluding hydrogens is 310 g/mol. The third kappa shape index (κ3) is 2.90. The number of hydrogen-bond donors (Lipinski definition) is 1. The van der Waals surface area contributed by atoms with Gasteiger partial charge in [-0.2, -0.15) is 11.8 Å². The monoisotopic (exact) mass is 327 g/mol. The Hall–Kier alpha value is -0.520. The standard InChI is InChI=1S/C14H18ClN3S2/c1-19-14(6-3-2-4-7-14)9-16-11-10-5-8-20-12(10)18-13(15)17-11/h5,8H,2-4,6-7,9H2,1H3,(H,16,17,18). The van der Waals surface area contributed by atoms with Gasteiger partial charge in [0, 0.05) is 11.3 Å². The van der Waals surface area contributed by atoms with Gasteiger partial charge in [-0.15, -0.1) is 11.3 Å². The molecule has 1 aliphatic rings. The number of thioether (sulfide) groups is 1. The molecule has 108 valence electrons. The van der Waals surface area contributed by atoms with Crippen LogP contribution in [-0.4, -0.2) is 27.5 Å². The lowest BCUT2D eigenvalue weighted by molar-refractivity contribution is 0.411. The first-order valence-corrected chi connectivity index (χ1v) is 9.40. The summed E-state index contributed by atoms with van der Waals surface area (Å²) in [6.07, 6.45) is 8.83. The number of aromatic nitrogens is 2. The minimum atomic E-state index is 0.323. The summed E-state index contributed by atoms with van der Waals surface area (Å²) in [5.74, 6) is 0.875. The molecule has 2 aromatic heterocycles. The summed E-state index contributed by atoms with van der Waals surface area (Å²) in [5, 5.41) is 6.96. The van der Waals surface area contributed by atoms with Crippen molar-refractivity contribution >= 4 is 50.7 Å². The number of nitrogens with zero attached hydrogens (tertiary/aromatic N) is 2. The van der Waals surface area contributed by atoms with Crippen LogP contribution in [0.5, 0.6) is 0 Å². The van der Waals surface area contributed by atoms with Gasteiger partial charge in [-0.25, -0.2) is 9.97 Å². The number of anilines is 1. The lowest BCUT2D eigenvalue weighted by Gasteiger charge is -2.36. The molecule has 6 heteroatoms. The molecule has 1 fully saturated rings. The summed E-state index contributed by atoms with van der Waals surface area (Å²) in [7, 11) is 0. The van der Waals surface area contributed by atoms with Crippen molar-refractivity contribution in [3.8, 4) is 0 Å². The molecule has 0 bridgehead atoms. The van der Waals surface area contributed by atoms with Crippen molar-refractivity contribution in [2.45, 2.75) is 36.9 Å². The van der Waals surface area contributed by atoms with Gasteiger partial charge in [0.2, 0.25) is 5.28 Å². The van der Waals surface area contributed by atoms with Crippen molar-refractivity contribution in [2.24, 2.45) is 0 Å². The molecule has 20 heavy (non-hydrogen) atoms. The number of rotatable bonds is 4. The van der Waals surface area contributed by atoms with Crippen molar-refractivity contribution < 1.29 is 0 Å². The Labute approximate surface area is 132 Å². The molecule has 0 saturated heterocycles. The average Bonchev–Trinajstić information content (AvgIpc) is 2.94. The van der Waals surface area contributed by atoms with Crippen LogP contribution in [0.2, 0.25) is 5.28 Å². The van der Waals surface area contributed by atoms with E-state index in [9.17, 15) is 0 Å². The van der Waals surface area contributed by atoms with Gasteiger partial charge < -0.3 is 5.32 Å². The van der Waals surface area contributed by atoms with Crippen molar-refractivity contribution in [3.63, 3.8) is 0 Å². The molecule has 0 amide bonds. The maximum Gasteiger partial charge on any atom is 0.225 e. The summed E-state index contributed by atoms with van der Waals surface area (Å²) in [5.41, 5.74) is 0. The van der Waals surface area contributed by atoms with Crippen LogP contribution in [0.3, 0.4) is 0 Å². The number of fused-ring (bicyclic) bond motifs is 1. The Balaban J connectivity index is 1.80. The first-order chi connectivity index (χ1) is 9.72. The van der Waals surface area contributed by atoms with E-state index in [0.29, 0.717) is 10.0 Å². The van der Waals surface area contributed by atoms with E-state index >= 15 is 0 Å². The van der Waals surface area contributed by atoms with E-state index in [1.807, 2.05) is 17.1 Å². The van der Waals surface area contributed by atoms with Gasteiger partial charge in [-0.1, -0.05) is 19.3 Å². The fourth-order valence-electron chi connectivity index (χ4n) is 2.86. The molecule has 2 heterocycles. The normalized spacial score (nSPS) is 18.3. The third-order valence-electron chi connectivity index (χ3n) is 4.07. The molecule has 2 aromatic rings. The molecule has 1 N–H and O–H groups in total. The predicted octanol–water partition coefficient (Wildman–Crippen LogP) is 4.82. The molecular formula is C14H18ClN3S2. The van der Waals surface area contributed by atoms with E-state index in [0.717, 1.165) is 22.6 Å². The number of nitrogens with one attached hydrogen (secondary N) is 1. The van der Waals surface area contributed by atoms with Crippen LogP contribution in [0, 0.1) is 0 Å². The maximum atomic E-state index is 6.01. The highest BCUT2D eigenvalue weighted by molar-refractivity contribution is 8.00. The predicted molar refractivity (Wildman–Crippen MR) is 90.2 cm³/mol. The van der Waals surface area contributed by atoms with Crippen molar-refractivity contribution in [1.82, 2.24) is 9.97 Å². The summed E-state index contributed by atoms with van der Waals surface area (Å²) in [4.78, 5) is 9.57. The van der Waals surface area contributed by atoms with Crippen LogP contribution >= 0.6 is 34.7 Å². The van der Waals surface area contributed by atoms with Gasteiger partial charge in [-0.3, -0.25) is 0 Å². The number of thiophene rings is 1. The van der Waals surface area contributed by atoms with E-state index in [4.69, 9.17) is 11.6 Å². The second-order valence-corrected chi connectivity index (χ2v) is 7.79. The van der Waals surface area contributed by atoms with Gasteiger partial charge in [0.05, 0.1) is 5.39 Å². The second kappa shape index (κ2) is 6.08. The van der Waals surface area contributed by atoms with Gasteiger partial charge in [0.15, 0.2) is 0 Å². The molecule has 0 spiro atoms. The lowest BCUT2D eigenvalue weighted by atomic mass is 9.88. The molecule has 0 aromatic carbocycles. The maximum absolute atomic E-state index is 6.01. The molecule has 3 nitrogen and oxygen atoms in total. The highest BCUT2D eigenvalue weighted by Gasteiger charge is 2.31. The Morgan fingerprint density at radius 3 is 2.90 bits per heavy atom. The fraction of sp³-hybridized carbons (Fsp3) is 0.571. The first kappa shape index (κ1) is 14.4. The number of hydrogen-bond acceptors (Lipinski definition) is 5. The minimum Gasteiger partial charge on any atom is -0.368 e. The van der Waals surface area contributed by atoms with Crippen LogP contribution in [0.4, 0.5) is 5.82 Å². The zero-order chi connectivity index (χ0) is 14.0. The van der Waals surface area contributed by atoms with E-state index in [-0.39, 0.29) is 0 Å². The fourth-order valence-corrected chi connectivity index (χ4v) is 4.75. The quantitative estimate of drug-likeness (QED) is 0.817. The molecule has 1 saturated carbocycles. The zero-order valence-electron chi connectivity index (χ0n) is 11.5. The molecule has 3 rings (SSSR count). The molecule has 0 unspecified atom stereocenters. The average molecular weight is 328 g/mol. The topological polar surface area (TPSA) is 37.8 Å². The Bertz CT molecular complexity index is 593. The van der Waals surface area contributed by atoms with E-state index in [1.165, 1.54) is 32.1 Å². The summed E-state index contributed by atoms with van der Waals surface area (Å²) < 4.78 is 0.345. The van der Waals surface area contributed by atoms with Crippen LogP contribution in [0.1, 0.15) is 32.1 Å². The largest absolute Gasteiger partial charge is 0.368 e. The van der Waals surface area contributed by atoms with E-state index in [2.05, 4.69) is 27.6 Å². The lowest BCUT2D eigenvalue weighted by Crippen LogP contribution is -2.35. The van der Waals surface area contributed by atoms with Gasteiger partial charge in [0.1, 0.15) is 10.6 Å². The SMILES string of the molecule is CSC1(CNc2nc(Cl)nc3sccc23)CCCCC1. The van der Waals surface area contributed by atoms with Gasteiger partial charge >= 0.3 is 0 Å². The molecule has 0 radical (unpaired) electrons. The minimum absolute atomic E-state index is 0.323. The zero-order valence-corrected chi connectivity index (χ0v) is 13.9. The van der Waals surface area contributed by atoms with Crippen LogP contribution in [0.15, 0.2) is 11.4 Å². The highest BCUT2D eigenvalue weighted by atomic mass is 35.5. The van der Waals surface area contributed by atoms with Gasteiger partial charge in [-0.05, 0) is 42.1 Å². The van der Waals surface area contributed by atoms with Gasteiger partial charge in [0.25, 0.3) is 0 Å². The van der Waals surface area contributed by atoms with Crippen molar-refractivity contribution in [1.29, 1.82) is 0 Å². The van der Waals surface area contributed by atoms with Crippen LogP contribution in [0.25, 0.3) is 10.2 Å². The first-order valence-electron chi connectivity index (χ1n) is 6.92. The Morgan fingerprint density at radius 2 is 2.15 bits per heavy atom. The molecule has 0 atom stereocenters. The molecule has 1 aliphatic carbocycles. The van der Waals surface area contributed by atoms with E-state index in [1.54, 1.807) is 11.3 Å². The Kier molecular flexibility index (Phi) is 4.38. The highest BCUT2D eigenvalue weighted by Crippen LogP contribution is 2.39. The summed E-state index contributed by atoms with van der Waals surface area (Å²) in [6.45, 7) is 0.951. The second-order valence-electron chi connectivity index (χ2n) is 5.28. The van der Waals surface area contributed by atoms with Crippen molar-refractivity contribution in [2.75, 3.05) is 18.1 Å². The smallest absolute Gasteiger partial charge is 0.225 e. The van der Waals surface area contributed by atoms with E-state index < -0.39 is 0 Å². The summed E-state index contributed by atoms with van der Waals surface area (Å²) >= 11 is 9.60. The van der Waals surface area contributed by atoms with Crippen LogP contribution in [-0.2, 0) is 0 Å². The van der Waals surface area contributed by atoms with Crippen molar-refractivity contribution in [3.05, 3.63) is 16.7 Å². The van der Waals surface area contributed by atoms with Crippen LogP contribution < -0.4 is 5.32 Å².